The van der Waals surface area contributed by atoms with Crippen molar-refractivity contribution in [2.24, 2.45) is 0 Å². The van der Waals surface area contributed by atoms with Crippen molar-refractivity contribution in [3.8, 4) is 0 Å². The molecular formula is C12H14BrCl2N. The molecule has 1 saturated heterocycles. The highest BCUT2D eigenvalue weighted by Crippen LogP contribution is 2.24. The minimum Gasteiger partial charge on any atom is -0.299 e. The zero-order chi connectivity index (χ0) is 11.5. The first kappa shape index (κ1) is 12.7. The molecular weight excluding hydrogens is 309 g/mol. The maximum atomic E-state index is 6.19. The average molecular weight is 323 g/mol. The van der Waals surface area contributed by atoms with E-state index in [0.29, 0.717) is 5.38 Å². The van der Waals surface area contributed by atoms with Crippen LogP contribution in [0.5, 0.6) is 0 Å². The Bertz CT molecular complexity index is 362. The van der Waals surface area contributed by atoms with E-state index in [-0.39, 0.29) is 0 Å². The van der Waals surface area contributed by atoms with Crippen molar-refractivity contribution in [2.45, 2.75) is 24.8 Å². The quantitative estimate of drug-likeness (QED) is 0.733. The standard InChI is InChI=1S/C12H14BrCl2N/c13-10-2-1-9(12(15)7-10)8-16-5-3-11(14)4-6-16/h1-2,7,11H,3-6,8H2. The highest BCUT2D eigenvalue weighted by atomic mass is 79.9. The SMILES string of the molecule is Clc1cc(Br)ccc1CN1CCC(Cl)CC1. The molecule has 0 amide bonds. The molecule has 1 fully saturated rings. The summed E-state index contributed by atoms with van der Waals surface area (Å²) in [7, 11) is 0. The summed E-state index contributed by atoms with van der Waals surface area (Å²) in [5, 5.41) is 1.19. The van der Waals surface area contributed by atoms with E-state index in [4.69, 9.17) is 23.2 Å². The van der Waals surface area contributed by atoms with Crippen LogP contribution < -0.4 is 0 Å². The molecule has 0 N–H and O–H groups in total. The molecule has 0 spiro atoms. The topological polar surface area (TPSA) is 3.24 Å². The summed E-state index contributed by atoms with van der Waals surface area (Å²) in [6, 6.07) is 6.07. The average Bonchev–Trinajstić information content (AvgIpc) is 2.25. The van der Waals surface area contributed by atoms with Gasteiger partial charge in [0.2, 0.25) is 0 Å². The molecule has 4 heteroatoms. The second-order valence-corrected chi connectivity index (χ2v) is 6.13. The van der Waals surface area contributed by atoms with Crippen LogP contribution in [0.15, 0.2) is 22.7 Å². The molecule has 88 valence electrons. The predicted octanol–water partition coefficient (Wildman–Crippen LogP) is 4.31. The Morgan fingerprint density at radius 1 is 1.31 bits per heavy atom. The van der Waals surface area contributed by atoms with Gasteiger partial charge in [-0.2, -0.15) is 0 Å². The van der Waals surface area contributed by atoms with Gasteiger partial charge in [-0.3, -0.25) is 4.90 Å². The third-order valence-electron chi connectivity index (χ3n) is 2.93. The van der Waals surface area contributed by atoms with Crippen LogP contribution in [-0.4, -0.2) is 23.4 Å². The van der Waals surface area contributed by atoms with Gasteiger partial charge >= 0.3 is 0 Å². The lowest BCUT2D eigenvalue weighted by Crippen LogP contribution is -2.33. The fourth-order valence-corrected chi connectivity index (χ4v) is 2.88. The number of rotatable bonds is 2. The van der Waals surface area contributed by atoms with Crippen LogP contribution in [0, 0.1) is 0 Å². The molecule has 1 heterocycles. The van der Waals surface area contributed by atoms with E-state index in [1.807, 2.05) is 12.1 Å². The molecule has 0 bridgehead atoms. The number of likely N-dealkylation sites (tertiary alicyclic amines) is 1. The van der Waals surface area contributed by atoms with Gasteiger partial charge in [-0.25, -0.2) is 0 Å². The Labute approximate surface area is 115 Å². The smallest absolute Gasteiger partial charge is 0.0462 e. The molecule has 1 aromatic rings. The van der Waals surface area contributed by atoms with E-state index in [1.165, 1.54) is 5.56 Å². The first-order chi connectivity index (χ1) is 7.65. The van der Waals surface area contributed by atoms with Gasteiger partial charge < -0.3 is 0 Å². The van der Waals surface area contributed by atoms with E-state index in [2.05, 4.69) is 26.9 Å². The van der Waals surface area contributed by atoms with Crippen molar-refractivity contribution in [1.82, 2.24) is 4.90 Å². The third-order valence-corrected chi connectivity index (χ3v) is 4.21. The van der Waals surface area contributed by atoms with Crippen LogP contribution in [0.3, 0.4) is 0 Å². The van der Waals surface area contributed by atoms with Gasteiger partial charge in [0.05, 0.1) is 0 Å². The molecule has 0 aliphatic carbocycles. The van der Waals surface area contributed by atoms with Crippen molar-refractivity contribution >= 4 is 39.1 Å². The second kappa shape index (κ2) is 5.72. The van der Waals surface area contributed by atoms with Crippen molar-refractivity contribution in [3.63, 3.8) is 0 Å². The number of hydrogen-bond acceptors (Lipinski definition) is 1. The fraction of sp³-hybridized carbons (Fsp3) is 0.500. The molecule has 2 rings (SSSR count). The lowest BCUT2D eigenvalue weighted by Gasteiger charge is -2.29. The molecule has 1 aromatic carbocycles. The van der Waals surface area contributed by atoms with Crippen LogP contribution in [0.25, 0.3) is 0 Å². The predicted molar refractivity (Wildman–Crippen MR) is 73.3 cm³/mol. The van der Waals surface area contributed by atoms with Gasteiger partial charge in [-0.15, -0.1) is 11.6 Å². The number of alkyl halides is 1. The number of hydrogen-bond donors (Lipinski definition) is 0. The summed E-state index contributed by atoms with van der Waals surface area (Å²) in [4.78, 5) is 2.41. The zero-order valence-electron chi connectivity index (χ0n) is 8.93. The molecule has 0 unspecified atom stereocenters. The van der Waals surface area contributed by atoms with E-state index in [1.54, 1.807) is 0 Å². The third kappa shape index (κ3) is 3.36. The van der Waals surface area contributed by atoms with Gasteiger partial charge in [-0.05, 0) is 43.6 Å². The number of piperidine rings is 1. The molecule has 0 atom stereocenters. The Balaban J connectivity index is 1.98. The van der Waals surface area contributed by atoms with E-state index < -0.39 is 0 Å². The minimum absolute atomic E-state index is 0.358. The number of nitrogens with zero attached hydrogens (tertiary/aromatic N) is 1. The van der Waals surface area contributed by atoms with Crippen molar-refractivity contribution in [1.29, 1.82) is 0 Å². The highest BCUT2D eigenvalue weighted by molar-refractivity contribution is 9.10. The molecule has 16 heavy (non-hydrogen) atoms. The summed E-state index contributed by atoms with van der Waals surface area (Å²) < 4.78 is 1.03. The lowest BCUT2D eigenvalue weighted by molar-refractivity contribution is 0.223. The van der Waals surface area contributed by atoms with Crippen molar-refractivity contribution < 1.29 is 0 Å². The Hall–Kier alpha value is 0.240. The summed E-state index contributed by atoms with van der Waals surface area (Å²) in [5.41, 5.74) is 1.19. The maximum absolute atomic E-state index is 6.19. The van der Waals surface area contributed by atoms with E-state index in [0.717, 1.165) is 42.0 Å². The van der Waals surface area contributed by atoms with Crippen LogP contribution in [-0.2, 0) is 6.54 Å². The number of halogens is 3. The molecule has 1 aliphatic rings. The largest absolute Gasteiger partial charge is 0.299 e. The maximum Gasteiger partial charge on any atom is 0.0462 e. The molecule has 0 aromatic heterocycles. The van der Waals surface area contributed by atoms with Gasteiger partial charge in [-0.1, -0.05) is 33.6 Å². The van der Waals surface area contributed by atoms with Gasteiger partial charge in [0, 0.05) is 21.4 Å². The first-order valence-electron chi connectivity index (χ1n) is 5.45. The van der Waals surface area contributed by atoms with E-state index in [9.17, 15) is 0 Å². The Kier molecular flexibility index (Phi) is 4.54. The first-order valence-corrected chi connectivity index (χ1v) is 7.06. The van der Waals surface area contributed by atoms with Gasteiger partial charge in [0.1, 0.15) is 0 Å². The van der Waals surface area contributed by atoms with Gasteiger partial charge in [0.25, 0.3) is 0 Å². The second-order valence-electron chi connectivity index (χ2n) is 4.19. The van der Waals surface area contributed by atoms with Crippen LogP contribution in [0.1, 0.15) is 18.4 Å². The number of benzene rings is 1. The molecule has 0 radical (unpaired) electrons. The van der Waals surface area contributed by atoms with Crippen LogP contribution >= 0.6 is 39.1 Å². The summed E-state index contributed by atoms with van der Waals surface area (Å²) in [6.45, 7) is 3.07. The van der Waals surface area contributed by atoms with Gasteiger partial charge in [0.15, 0.2) is 0 Å². The lowest BCUT2D eigenvalue weighted by atomic mass is 10.1. The van der Waals surface area contributed by atoms with Crippen LogP contribution in [0.4, 0.5) is 0 Å². The summed E-state index contributed by atoms with van der Waals surface area (Å²) in [6.07, 6.45) is 2.16. The Morgan fingerprint density at radius 3 is 2.62 bits per heavy atom. The van der Waals surface area contributed by atoms with Crippen LogP contribution in [0.2, 0.25) is 5.02 Å². The molecule has 1 nitrogen and oxygen atoms in total. The summed E-state index contributed by atoms with van der Waals surface area (Å²) >= 11 is 15.7. The minimum atomic E-state index is 0.358. The van der Waals surface area contributed by atoms with Crippen molar-refractivity contribution in [3.05, 3.63) is 33.3 Å². The normalized spacial score (nSPS) is 18.9. The summed E-state index contributed by atoms with van der Waals surface area (Å²) in [5.74, 6) is 0. The highest BCUT2D eigenvalue weighted by Gasteiger charge is 2.17. The van der Waals surface area contributed by atoms with Crippen molar-refractivity contribution in [2.75, 3.05) is 13.1 Å². The monoisotopic (exact) mass is 321 g/mol. The molecule has 0 saturated carbocycles. The zero-order valence-corrected chi connectivity index (χ0v) is 12.0. The van der Waals surface area contributed by atoms with E-state index >= 15 is 0 Å². The fourth-order valence-electron chi connectivity index (χ4n) is 1.95. The molecule has 1 aliphatic heterocycles. The Morgan fingerprint density at radius 2 is 2.00 bits per heavy atom.